The van der Waals surface area contributed by atoms with Crippen LogP contribution >= 0.6 is 15.9 Å². The predicted molar refractivity (Wildman–Crippen MR) is 75.3 cm³/mol. The summed E-state index contributed by atoms with van der Waals surface area (Å²) in [4.78, 5) is 11.8. The van der Waals surface area contributed by atoms with Crippen LogP contribution in [0.25, 0.3) is 0 Å². The van der Waals surface area contributed by atoms with Crippen LogP contribution in [0.4, 0.5) is 0 Å². The van der Waals surface area contributed by atoms with E-state index >= 15 is 0 Å². The second-order valence-electron chi connectivity index (χ2n) is 5.14. The molecule has 0 aliphatic carbocycles. The van der Waals surface area contributed by atoms with E-state index in [0.717, 1.165) is 5.57 Å². The molecular weight excluding hydrogens is 280 g/mol. The van der Waals surface area contributed by atoms with Gasteiger partial charge in [-0.25, -0.2) is 0 Å². The molecule has 1 aromatic rings. The molecule has 1 rings (SSSR count). The first-order valence-corrected chi connectivity index (χ1v) is 6.35. The number of nitrogens with one attached hydrogen (secondary N) is 1. The van der Waals surface area contributed by atoms with E-state index in [0.29, 0.717) is 17.6 Å². The predicted octanol–water partition coefficient (Wildman–Crippen LogP) is 2.56. The van der Waals surface area contributed by atoms with Crippen LogP contribution in [0.5, 0.6) is 0 Å². The zero-order valence-electron chi connectivity index (χ0n) is 10.6. The molecule has 0 spiro atoms. The van der Waals surface area contributed by atoms with Gasteiger partial charge < -0.3 is 9.88 Å². The first-order valence-electron chi connectivity index (χ1n) is 5.56. The van der Waals surface area contributed by atoms with E-state index in [1.807, 2.05) is 6.07 Å². The van der Waals surface area contributed by atoms with Gasteiger partial charge in [0.15, 0.2) is 0 Å². The van der Waals surface area contributed by atoms with Crippen molar-refractivity contribution in [3.63, 3.8) is 0 Å². The molecule has 0 aliphatic rings. The van der Waals surface area contributed by atoms with Gasteiger partial charge in [0.05, 0.1) is 4.47 Å². The van der Waals surface area contributed by atoms with Crippen LogP contribution in [0.3, 0.4) is 0 Å². The molecule has 0 fully saturated rings. The second kappa shape index (κ2) is 5.65. The van der Waals surface area contributed by atoms with E-state index in [4.69, 9.17) is 0 Å². The van der Waals surface area contributed by atoms with Crippen molar-refractivity contribution >= 4 is 15.9 Å². The largest absolute Gasteiger partial charge is 0.310 e. The third-order valence-electron chi connectivity index (χ3n) is 2.24. The Morgan fingerprint density at radius 3 is 2.76 bits per heavy atom. The van der Waals surface area contributed by atoms with Crippen molar-refractivity contribution in [2.75, 3.05) is 6.54 Å². The lowest BCUT2D eigenvalue weighted by molar-refractivity contribution is 0.440. The van der Waals surface area contributed by atoms with Crippen molar-refractivity contribution in [3.05, 3.63) is 45.3 Å². The maximum atomic E-state index is 11.8. The Morgan fingerprint density at radius 1 is 1.53 bits per heavy atom. The van der Waals surface area contributed by atoms with Crippen LogP contribution in [0.15, 0.2) is 39.7 Å². The fraction of sp³-hybridized carbons (Fsp3) is 0.462. The van der Waals surface area contributed by atoms with Crippen LogP contribution in [0, 0.1) is 0 Å². The first-order chi connectivity index (χ1) is 7.79. The second-order valence-corrected chi connectivity index (χ2v) is 6.00. The normalized spacial score (nSPS) is 11.5. The number of pyridine rings is 1. The Hall–Kier alpha value is -0.870. The summed E-state index contributed by atoms with van der Waals surface area (Å²) in [7, 11) is 0. The highest BCUT2D eigenvalue weighted by Gasteiger charge is 2.09. The number of hydrogen-bond donors (Lipinski definition) is 1. The molecule has 1 heterocycles. The summed E-state index contributed by atoms with van der Waals surface area (Å²) in [5.41, 5.74) is 1.02. The number of nitrogens with zero attached hydrogens (tertiary/aromatic N) is 1. The van der Waals surface area contributed by atoms with E-state index < -0.39 is 0 Å². The molecule has 0 bridgehead atoms. The minimum Gasteiger partial charge on any atom is -0.310 e. The maximum Gasteiger partial charge on any atom is 0.265 e. The third kappa shape index (κ3) is 4.88. The SMILES string of the molecule is C=C(CNC(C)(C)C)Cn1cccc(Br)c1=O. The maximum absolute atomic E-state index is 11.8. The summed E-state index contributed by atoms with van der Waals surface area (Å²) >= 11 is 3.23. The van der Waals surface area contributed by atoms with Crippen LogP contribution < -0.4 is 10.9 Å². The molecule has 0 atom stereocenters. The summed E-state index contributed by atoms with van der Waals surface area (Å²) in [5.74, 6) is 0. The van der Waals surface area contributed by atoms with E-state index in [2.05, 4.69) is 48.6 Å². The van der Waals surface area contributed by atoms with Crippen LogP contribution in [0.1, 0.15) is 20.8 Å². The molecule has 0 aromatic carbocycles. The zero-order chi connectivity index (χ0) is 13.1. The van der Waals surface area contributed by atoms with Gasteiger partial charge in [-0.3, -0.25) is 4.79 Å². The molecule has 0 radical (unpaired) electrons. The van der Waals surface area contributed by atoms with Gasteiger partial charge in [0.25, 0.3) is 5.56 Å². The average Bonchev–Trinajstić information content (AvgIpc) is 2.21. The van der Waals surface area contributed by atoms with E-state index in [1.54, 1.807) is 16.8 Å². The Morgan fingerprint density at radius 2 is 2.18 bits per heavy atom. The van der Waals surface area contributed by atoms with Crippen molar-refractivity contribution in [3.8, 4) is 0 Å². The van der Waals surface area contributed by atoms with Crippen LogP contribution in [0.2, 0.25) is 0 Å². The van der Waals surface area contributed by atoms with Gasteiger partial charge in [0.1, 0.15) is 0 Å². The molecule has 0 unspecified atom stereocenters. The summed E-state index contributed by atoms with van der Waals surface area (Å²) in [5, 5.41) is 3.35. The number of rotatable bonds is 4. The topological polar surface area (TPSA) is 34.0 Å². The molecule has 17 heavy (non-hydrogen) atoms. The fourth-order valence-corrected chi connectivity index (χ4v) is 1.70. The molecule has 0 aliphatic heterocycles. The highest BCUT2D eigenvalue weighted by atomic mass is 79.9. The van der Waals surface area contributed by atoms with Crippen molar-refractivity contribution in [1.82, 2.24) is 9.88 Å². The summed E-state index contributed by atoms with van der Waals surface area (Å²) in [6.45, 7) is 11.5. The molecule has 0 saturated heterocycles. The molecular formula is C13H19BrN2O. The molecule has 4 heteroatoms. The Bertz CT molecular complexity index is 457. The Kier molecular flexibility index (Phi) is 4.71. The molecule has 94 valence electrons. The minimum atomic E-state index is -0.0237. The van der Waals surface area contributed by atoms with Gasteiger partial charge in [-0.15, -0.1) is 0 Å². The number of halogens is 1. The monoisotopic (exact) mass is 298 g/mol. The van der Waals surface area contributed by atoms with E-state index in [1.165, 1.54) is 0 Å². The summed E-state index contributed by atoms with van der Waals surface area (Å²) in [6.07, 6.45) is 1.77. The molecule has 0 amide bonds. The minimum absolute atomic E-state index is 0.0237. The van der Waals surface area contributed by atoms with Crippen molar-refractivity contribution < 1.29 is 0 Å². The Labute approximate surface area is 111 Å². The first kappa shape index (κ1) is 14.2. The van der Waals surface area contributed by atoms with Crippen molar-refractivity contribution in [2.24, 2.45) is 0 Å². The summed E-state index contributed by atoms with van der Waals surface area (Å²) in [6, 6.07) is 3.59. The van der Waals surface area contributed by atoms with Crippen molar-refractivity contribution in [2.45, 2.75) is 32.9 Å². The fourth-order valence-electron chi connectivity index (χ4n) is 1.32. The van der Waals surface area contributed by atoms with Gasteiger partial charge in [0.2, 0.25) is 0 Å². The van der Waals surface area contributed by atoms with Gasteiger partial charge in [-0.1, -0.05) is 6.58 Å². The Balaban J connectivity index is 2.63. The molecule has 1 aromatic heterocycles. The molecule has 3 nitrogen and oxygen atoms in total. The third-order valence-corrected chi connectivity index (χ3v) is 2.84. The van der Waals surface area contributed by atoms with Crippen LogP contribution in [-0.4, -0.2) is 16.7 Å². The molecule has 0 saturated carbocycles. The summed E-state index contributed by atoms with van der Waals surface area (Å²) < 4.78 is 2.23. The van der Waals surface area contributed by atoms with Crippen LogP contribution in [-0.2, 0) is 6.54 Å². The standard InChI is InChI=1S/C13H19BrN2O/c1-10(8-15-13(2,3)4)9-16-7-5-6-11(14)12(16)17/h5-7,15H,1,8-9H2,2-4H3. The van der Waals surface area contributed by atoms with E-state index in [9.17, 15) is 4.79 Å². The van der Waals surface area contributed by atoms with Crippen molar-refractivity contribution in [1.29, 1.82) is 0 Å². The lowest BCUT2D eigenvalue weighted by Crippen LogP contribution is -2.37. The molecule has 1 N–H and O–H groups in total. The highest BCUT2D eigenvalue weighted by molar-refractivity contribution is 9.10. The smallest absolute Gasteiger partial charge is 0.265 e. The van der Waals surface area contributed by atoms with Gasteiger partial charge >= 0.3 is 0 Å². The van der Waals surface area contributed by atoms with E-state index in [-0.39, 0.29) is 11.1 Å². The lowest BCUT2D eigenvalue weighted by atomic mass is 10.1. The number of aromatic nitrogens is 1. The lowest BCUT2D eigenvalue weighted by Gasteiger charge is -2.21. The average molecular weight is 299 g/mol. The van der Waals surface area contributed by atoms with Gasteiger partial charge in [-0.2, -0.15) is 0 Å². The van der Waals surface area contributed by atoms with Gasteiger partial charge in [0, 0.05) is 24.8 Å². The number of hydrogen-bond acceptors (Lipinski definition) is 2. The zero-order valence-corrected chi connectivity index (χ0v) is 12.2. The van der Waals surface area contributed by atoms with Gasteiger partial charge in [-0.05, 0) is 54.4 Å². The quantitative estimate of drug-likeness (QED) is 0.867. The highest BCUT2D eigenvalue weighted by Crippen LogP contribution is 2.04.